The van der Waals surface area contributed by atoms with Gasteiger partial charge in [0.15, 0.2) is 0 Å². The van der Waals surface area contributed by atoms with Crippen molar-refractivity contribution in [1.82, 2.24) is 4.98 Å². The molecule has 106 valence electrons. The van der Waals surface area contributed by atoms with Crippen molar-refractivity contribution in [1.29, 1.82) is 0 Å². The van der Waals surface area contributed by atoms with E-state index in [0.29, 0.717) is 22.2 Å². The molecule has 20 heavy (non-hydrogen) atoms. The maximum Gasteiger partial charge on any atom is 0.376 e. The standard InChI is InChI=1S/C14H13BrFNO3/c1-3-4-11-12(14(18)19-2)20-13(17-11)8-5-6-10(16)9(15)7-8/h5-7H,3-4H2,1-2H3. The van der Waals surface area contributed by atoms with Crippen molar-refractivity contribution in [3.8, 4) is 11.5 Å². The molecule has 0 N–H and O–H groups in total. The molecule has 0 atom stereocenters. The Bertz CT molecular complexity index is 639. The van der Waals surface area contributed by atoms with Crippen molar-refractivity contribution in [3.05, 3.63) is 39.9 Å². The van der Waals surface area contributed by atoms with Crippen LogP contribution in [0.5, 0.6) is 0 Å². The molecule has 6 heteroatoms. The van der Waals surface area contributed by atoms with Gasteiger partial charge in [-0.25, -0.2) is 14.2 Å². The van der Waals surface area contributed by atoms with Crippen LogP contribution in [0.15, 0.2) is 27.1 Å². The molecule has 1 aromatic heterocycles. The van der Waals surface area contributed by atoms with Crippen molar-refractivity contribution in [2.24, 2.45) is 0 Å². The van der Waals surface area contributed by atoms with Crippen LogP contribution in [0.2, 0.25) is 0 Å². The number of methoxy groups -OCH3 is 1. The Hall–Kier alpha value is -1.69. The number of hydrogen-bond donors (Lipinski definition) is 0. The van der Waals surface area contributed by atoms with E-state index in [1.165, 1.54) is 13.2 Å². The molecule has 0 aliphatic rings. The molecular formula is C14H13BrFNO3. The maximum atomic E-state index is 13.2. The zero-order valence-corrected chi connectivity index (χ0v) is 12.7. The topological polar surface area (TPSA) is 52.3 Å². The van der Waals surface area contributed by atoms with Crippen LogP contribution in [0.1, 0.15) is 29.6 Å². The first-order valence-electron chi connectivity index (χ1n) is 6.10. The summed E-state index contributed by atoms with van der Waals surface area (Å²) in [6.45, 7) is 1.98. The Kier molecular flexibility index (Phi) is 4.54. The van der Waals surface area contributed by atoms with Gasteiger partial charge in [-0.15, -0.1) is 0 Å². The molecule has 4 nitrogen and oxygen atoms in total. The van der Waals surface area contributed by atoms with Gasteiger partial charge >= 0.3 is 5.97 Å². The summed E-state index contributed by atoms with van der Waals surface area (Å²) in [6, 6.07) is 4.40. The monoisotopic (exact) mass is 341 g/mol. The molecule has 0 aliphatic heterocycles. The third kappa shape index (κ3) is 2.90. The molecule has 0 spiro atoms. The van der Waals surface area contributed by atoms with Gasteiger partial charge in [0.2, 0.25) is 11.7 Å². The van der Waals surface area contributed by atoms with Gasteiger partial charge in [-0.1, -0.05) is 13.3 Å². The Morgan fingerprint density at radius 3 is 2.85 bits per heavy atom. The van der Waals surface area contributed by atoms with Crippen LogP contribution >= 0.6 is 15.9 Å². The Morgan fingerprint density at radius 2 is 2.25 bits per heavy atom. The van der Waals surface area contributed by atoms with Crippen LogP contribution in [0.3, 0.4) is 0 Å². The Balaban J connectivity index is 2.46. The molecule has 0 fully saturated rings. The first kappa shape index (κ1) is 14.7. The van der Waals surface area contributed by atoms with Crippen molar-refractivity contribution in [3.63, 3.8) is 0 Å². The van der Waals surface area contributed by atoms with Crippen LogP contribution in [0.25, 0.3) is 11.5 Å². The zero-order valence-electron chi connectivity index (χ0n) is 11.1. The number of oxazole rings is 1. The van der Waals surface area contributed by atoms with Gasteiger partial charge in [0, 0.05) is 5.56 Å². The molecule has 0 bridgehead atoms. The average Bonchev–Trinajstić information content (AvgIpc) is 2.85. The van der Waals surface area contributed by atoms with E-state index in [9.17, 15) is 9.18 Å². The van der Waals surface area contributed by atoms with Crippen LogP contribution in [-0.4, -0.2) is 18.1 Å². The molecule has 2 rings (SSSR count). The van der Waals surface area contributed by atoms with Crippen molar-refractivity contribution in [2.45, 2.75) is 19.8 Å². The van der Waals surface area contributed by atoms with E-state index in [4.69, 9.17) is 4.42 Å². The second-order valence-corrected chi connectivity index (χ2v) is 5.02. The number of esters is 1. The number of aryl methyl sites for hydroxylation is 1. The number of carbonyl (C=O) groups excluding carboxylic acids is 1. The average molecular weight is 342 g/mol. The van der Waals surface area contributed by atoms with E-state index in [2.05, 4.69) is 25.7 Å². The second kappa shape index (κ2) is 6.17. The minimum Gasteiger partial charge on any atom is -0.463 e. The lowest BCUT2D eigenvalue weighted by Crippen LogP contribution is -2.03. The number of benzene rings is 1. The molecule has 0 saturated heterocycles. The Morgan fingerprint density at radius 1 is 1.50 bits per heavy atom. The van der Waals surface area contributed by atoms with Gasteiger partial charge in [0.05, 0.1) is 17.3 Å². The van der Waals surface area contributed by atoms with Gasteiger partial charge in [-0.3, -0.25) is 0 Å². The first-order chi connectivity index (χ1) is 9.56. The predicted molar refractivity (Wildman–Crippen MR) is 74.9 cm³/mol. The van der Waals surface area contributed by atoms with E-state index >= 15 is 0 Å². The summed E-state index contributed by atoms with van der Waals surface area (Å²) < 4.78 is 23.7. The summed E-state index contributed by atoms with van der Waals surface area (Å²) in [5, 5.41) is 0. The summed E-state index contributed by atoms with van der Waals surface area (Å²) in [5.41, 5.74) is 1.14. The summed E-state index contributed by atoms with van der Waals surface area (Å²) in [5.74, 6) is -0.560. The summed E-state index contributed by atoms with van der Waals surface area (Å²) >= 11 is 3.11. The number of rotatable bonds is 4. The molecule has 1 aromatic carbocycles. The van der Waals surface area contributed by atoms with Crippen LogP contribution < -0.4 is 0 Å². The highest BCUT2D eigenvalue weighted by molar-refractivity contribution is 9.10. The fraction of sp³-hybridized carbons (Fsp3) is 0.286. The van der Waals surface area contributed by atoms with Gasteiger partial charge in [-0.2, -0.15) is 0 Å². The van der Waals surface area contributed by atoms with Gasteiger partial charge in [-0.05, 0) is 40.5 Å². The van der Waals surface area contributed by atoms with E-state index < -0.39 is 5.97 Å². The number of carbonyl (C=O) groups is 1. The number of hydrogen-bond acceptors (Lipinski definition) is 4. The molecule has 0 radical (unpaired) electrons. The third-order valence-electron chi connectivity index (χ3n) is 2.72. The lowest BCUT2D eigenvalue weighted by atomic mass is 10.2. The minimum absolute atomic E-state index is 0.102. The van der Waals surface area contributed by atoms with Gasteiger partial charge in [0.25, 0.3) is 0 Å². The number of ether oxygens (including phenoxy) is 1. The summed E-state index contributed by atoms with van der Waals surface area (Å²) in [6.07, 6.45) is 1.43. The lowest BCUT2D eigenvalue weighted by molar-refractivity contribution is 0.0564. The van der Waals surface area contributed by atoms with E-state index in [0.717, 1.165) is 6.42 Å². The molecule has 1 heterocycles. The van der Waals surface area contributed by atoms with Crippen molar-refractivity contribution < 1.29 is 18.3 Å². The second-order valence-electron chi connectivity index (χ2n) is 4.17. The molecular weight excluding hydrogens is 329 g/mol. The number of nitrogens with zero attached hydrogens (tertiary/aromatic N) is 1. The van der Waals surface area contributed by atoms with Crippen LogP contribution in [0, 0.1) is 5.82 Å². The summed E-state index contributed by atoms with van der Waals surface area (Å²) in [4.78, 5) is 15.9. The highest BCUT2D eigenvalue weighted by atomic mass is 79.9. The fourth-order valence-corrected chi connectivity index (χ4v) is 2.14. The normalized spacial score (nSPS) is 10.6. The lowest BCUT2D eigenvalue weighted by Gasteiger charge is -1.98. The van der Waals surface area contributed by atoms with Crippen molar-refractivity contribution in [2.75, 3.05) is 7.11 Å². The maximum absolute atomic E-state index is 13.2. The number of halogens is 2. The summed E-state index contributed by atoms with van der Waals surface area (Å²) in [7, 11) is 1.29. The van der Waals surface area contributed by atoms with Crippen LogP contribution in [-0.2, 0) is 11.2 Å². The molecule has 0 amide bonds. The van der Waals surface area contributed by atoms with E-state index in [1.807, 2.05) is 6.92 Å². The number of aromatic nitrogens is 1. The fourth-order valence-electron chi connectivity index (χ4n) is 1.76. The molecule has 0 aliphatic carbocycles. The minimum atomic E-state index is -0.562. The van der Waals surface area contributed by atoms with E-state index in [1.54, 1.807) is 12.1 Å². The van der Waals surface area contributed by atoms with Gasteiger partial charge in [0.1, 0.15) is 5.82 Å². The largest absolute Gasteiger partial charge is 0.463 e. The zero-order chi connectivity index (χ0) is 14.7. The molecule has 0 saturated carbocycles. The van der Waals surface area contributed by atoms with Gasteiger partial charge < -0.3 is 9.15 Å². The van der Waals surface area contributed by atoms with Crippen LogP contribution in [0.4, 0.5) is 4.39 Å². The molecule has 0 unspecified atom stereocenters. The quantitative estimate of drug-likeness (QED) is 0.789. The highest BCUT2D eigenvalue weighted by Crippen LogP contribution is 2.27. The molecule has 2 aromatic rings. The van der Waals surface area contributed by atoms with E-state index in [-0.39, 0.29) is 17.5 Å². The Labute approximate surface area is 124 Å². The predicted octanol–water partition coefficient (Wildman–Crippen LogP) is 3.98. The third-order valence-corrected chi connectivity index (χ3v) is 3.33. The SMILES string of the molecule is CCCc1nc(-c2ccc(F)c(Br)c2)oc1C(=O)OC. The van der Waals surface area contributed by atoms with Crippen molar-refractivity contribution >= 4 is 21.9 Å². The highest BCUT2D eigenvalue weighted by Gasteiger charge is 2.21. The first-order valence-corrected chi connectivity index (χ1v) is 6.89. The smallest absolute Gasteiger partial charge is 0.376 e.